The number of aromatic amines is 1. The molecule has 3 N–H and O–H groups in total. The second kappa shape index (κ2) is 6.07. The van der Waals surface area contributed by atoms with E-state index in [2.05, 4.69) is 15.8 Å². The maximum absolute atomic E-state index is 11.9. The Bertz CT molecular complexity index is 613. The van der Waals surface area contributed by atoms with Crippen LogP contribution in [0.15, 0.2) is 36.5 Å². The quantitative estimate of drug-likeness (QED) is 0.545. The lowest BCUT2D eigenvalue weighted by atomic mass is 10.2. The molecule has 2 amide bonds. The van der Waals surface area contributed by atoms with Crippen molar-refractivity contribution in [2.24, 2.45) is 0 Å². The van der Waals surface area contributed by atoms with Gasteiger partial charge in [-0.1, -0.05) is 11.6 Å². The van der Waals surface area contributed by atoms with Crippen molar-refractivity contribution in [1.29, 1.82) is 0 Å². The normalized spacial score (nSPS) is 10.0. The van der Waals surface area contributed by atoms with Crippen LogP contribution in [0, 0.1) is 3.57 Å². The van der Waals surface area contributed by atoms with Crippen molar-refractivity contribution in [3.63, 3.8) is 0 Å². The molecule has 0 saturated heterocycles. The average Bonchev–Trinajstić information content (AvgIpc) is 2.89. The topological polar surface area (TPSA) is 74.0 Å². The minimum Gasteiger partial charge on any atom is -0.357 e. The highest BCUT2D eigenvalue weighted by Gasteiger charge is 2.12. The molecule has 5 nitrogen and oxygen atoms in total. The third kappa shape index (κ3) is 3.48. The van der Waals surface area contributed by atoms with E-state index in [1.807, 2.05) is 22.6 Å². The molecule has 2 aromatic rings. The Labute approximate surface area is 127 Å². The molecule has 0 radical (unpaired) electrons. The Balaban J connectivity index is 2.00. The number of halogens is 2. The van der Waals surface area contributed by atoms with Gasteiger partial charge in [0.2, 0.25) is 0 Å². The molecular weight excluding hydrogens is 381 g/mol. The molecule has 0 aliphatic rings. The lowest BCUT2D eigenvalue weighted by Crippen LogP contribution is -2.42. The highest BCUT2D eigenvalue weighted by Crippen LogP contribution is 2.17. The molecule has 0 bridgehead atoms. The molecule has 0 aliphatic heterocycles. The van der Waals surface area contributed by atoms with E-state index in [0.717, 1.165) is 0 Å². The predicted octanol–water partition coefficient (Wildman–Crippen LogP) is 2.35. The highest BCUT2D eigenvalue weighted by molar-refractivity contribution is 14.1. The van der Waals surface area contributed by atoms with Crippen LogP contribution in [0.5, 0.6) is 0 Å². The number of hydrazine groups is 1. The van der Waals surface area contributed by atoms with E-state index in [1.165, 1.54) is 0 Å². The summed E-state index contributed by atoms with van der Waals surface area (Å²) in [4.78, 5) is 26.2. The van der Waals surface area contributed by atoms with E-state index in [4.69, 9.17) is 11.6 Å². The molecule has 0 fully saturated rings. The van der Waals surface area contributed by atoms with Gasteiger partial charge >= 0.3 is 0 Å². The van der Waals surface area contributed by atoms with Gasteiger partial charge in [-0.3, -0.25) is 20.4 Å². The summed E-state index contributed by atoms with van der Waals surface area (Å²) in [5.41, 5.74) is 5.47. The van der Waals surface area contributed by atoms with Crippen LogP contribution in [0.2, 0.25) is 5.02 Å². The molecule has 2 rings (SSSR count). The molecule has 0 spiro atoms. The lowest BCUT2D eigenvalue weighted by Gasteiger charge is -2.08. The number of hydrogen-bond donors (Lipinski definition) is 3. The van der Waals surface area contributed by atoms with Crippen molar-refractivity contribution in [2.75, 3.05) is 0 Å². The summed E-state index contributed by atoms with van der Waals surface area (Å²) in [7, 11) is 0. The van der Waals surface area contributed by atoms with E-state index in [-0.39, 0.29) is 0 Å². The number of carbonyl (C=O) groups is 2. The zero-order valence-electron chi connectivity index (χ0n) is 9.54. The Morgan fingerprint density at radius 1 is 1.16 bits per heavy atom. The van der Waals surface area contributed by atoms with Gasteiger partial charge in [0.1, 0.15) is 5.69 Å². The Morgan fingerprint density at radius 3 is 2.53 bits per heavy atom. The SMILES string of the molecule is O=C(NNC(=O)c1ccc(Cl)cc1I)c1ccc[nH]1. The van der Waals surface area contributed by atoms with Crippen LogP contribution in [0.3, 0.4) is 0 Å². The number of H-pyrrole nitrogens is 1. The summed E-state index contributed by atoms with van der Waals surface area (Å²) in [6.07, 6.45) is 1.62. The lowest BCUT2D eigenvalue weighted by molar-refractivity contribution is 0.0844. The van der Waals surface area contributed by atoms with Gasteiger partial charge < -0.3 is 4.98 Å². The van der Waals surface area contributed by atoms with Gasteiger partial charge in [-0.15, -0.1) is 0 Å². The van der Waals surface area contributed by atoms with Crippen molar-refractivity contribution >= 4 is 46.0 Å². The van der Waals surface area contributed by atoms with E-state index >= 15 is 0 Å². The van der Waals surface area contributed by atoms with Crippen LogP contribution in [-0.2, 0) is 0 Å². The first-order valence-corrected chi connectivity index (χ1v) is 6.72. The number of carbonyl (C=O) groups excluding carboxylic acids is 2. The zero-order valence-corrected chi connectivity index (χ0v) is 12.4. The van der Waals surface area contributed by atoms with E-state index < -0.39 is 11.8 Å². The summed E-state index contributed by atoms with van der Waals surface area (Å²) in [6.45, 7) is 0. The summed E-state index contributed by atoms with van der Waals surface area (Å²) in [5.74, 6) is -0.816. The van der Waals surface area contributed by atoms with Crippen LogP contribution in [0.25, 0.3) is 0 Å². The Hall–Kier alpha value is -1.54. The first-order chi connectivity index (χ1) is 9.08. The number of hydrogen-bond acceptors (Lipinski definition) is 2. The highest BCUT2D eigenvalue weighted by atomic mass is 127. The summed E-state index contributed by atoms with van der Waals surface area (Å²) < 4.78 is 0.705. The van der Waals surface area contributed by atoms with Crippen LogP contribution in [0.4, 0.5) is 0 Å². The van der Waals surface area contributed by atoms with Crippen molar-refractivity contribution in [1.82, 2.24) is 15.8 Å². The van der Waals surface area contributed by atoms with E-state index in [0.29, 0.717) is 19.9 Å². The summed E-state index contributed by atoms with van der Waals surface area (Å²) >= 11 is 7.81. The Kier molecular flexibility index (Phi) is 4.43. The maximum atomic E-state index is 11.9. The largest absolute Gasteiger partial charge is 0.357 e. The first kappa shape index (κ1) is 13.9. The van der Waals surface area contributed by atoms with Crippen LogP contribution in [0.1, 0.15) is 20.8 Å². The van der Waals surface area contributed by atoms with E-state index in [1.54, 1.807) is 36.5 Å². The molecular formula is C12H9ClIN3O2. The fourth-order valence-corrected chi connectivity index (χ4v) is 2.51. The first-order valence-electron chi connectivity index (χ1n) is 5.27. The smallest absolute Gasteiger partial charge is 0.286 e. The molecule has 0 aliphatic carbocycles. The van der Waals surface area contributed by atoms with Gasteiger partial charge in [0.25, 0.3) is 11.8 Å². The monoisotopic (exact) mass is 389 g/mol. The molecule has 0 atom stereocenters. The molecule has 7 heteroatoms. The number of rotatable bonds is 2. The Morgan fingerprint density at radius 2 is 1.89 bits per heavy atom. The third-order valence-electron chi connectivity index (χ3n) is 2.31. The number of amides is 2. The molecule has 1 aromatic carbocycles. The second-order valence-electron chi connectivity index (χ2n) is 3.62. The van der Waals surface area contributed by atoms with Gasteiger partial charge in [0, 0.05) is 14.8 Å². The van der Waals surface area contributed by atoms with Gasteiger partial charge in [-0.2, -0.15) is 0 Å². The standard InChI is InChI=1S/C12H9ClIN3O2/c13-7-3-4-8(9(14)6-7)11(18)16-17-12(19)10-2-1-5-15-10/h1-6,15H,(H,16,18)(H,17,19). The predicted molar refractivity (Wildman–Crippen MR) is 79.9 cm³/mol. The van der Waals surface area contributed by atoms with Crippen LogP contribution in [-0.4, -0.2) is 16.8 Å². The van der Waals surface area contributed by atoms with Crippen molar-refractivity contribution in [2.45, 2.75) is 0 Å². The number of nitrogens with one attached hydrogen (secondary N) is 3. The van der Waals surface area contributed by atoms with Crippen molar-refractivity contribution < 1.29 is 9.59 Å². The second-order valence-corrected chi connectivity index (χ2v) is 5.21. The van der Waals surface area contributed by atoms with Gasteiger partial charge in [-0.05, 0) is 52.9 Å². The van der Waals surface area contributed by atoms with Gasteiger partial charge in [0.05, 0.1) is 5.56 Å². The van der Waals surface area contributed by atoms with Gasteiger partial charge in [-0.25, -0.2) is 0 Å². The minimum absolute atomic E-state index is 0.367. The third-order valence-corrected chi connectivity index (χ3v) is 3.44. The zero-order chi connectivity index (χ0) is 13.8. The van der Waals surface area contributed by atoms with E-state index in [9.17, 15) is 9.59 Å². The number of aromatic nitrogens is 1. The van der Waals surface area contributed by atoms with Crippen LogP contribution < -0.4 is 10.9 Å². The van der Waals surface area contributed by atoms with Crippen molar-refractivity contribution in [3.8, 4) is 0 Å². The molecule has 0 saturated carbocycles. The fourth-order valence-electron chi connectivity index (χ4n) is 1.39. The van der Waals surface area contributed by atoms with Gasteiger partial charge in [0.15, 0.2) is 0 Å². The average molecular weight is 390 g/mol. The summed E-state index contributed by atoms with van der Waals surface area (Å²) in [6, 6.07) is 8.18. The molecule has 98 valence electrons. The molecule has 19 heavy (non-hydrogen) atoms. The molecule has 0 unspecified atom stereocenters. The number of benzene rings is 1. The summed E-state index contributed by atoms with van der Waals surface area (Å²) in [5, 5.41) is 0.552. The fraction of sp³-hybridized carbons (Fsp3) is 0. The van der Waals surface area contributed by atoms with Crippen LogP contribution >= 0.6 is 34.2 Å². The maximum Gasteiger partial charge on any atom is 0.286 e. The van der Waals surface area contributed by atoms with Crippen molar-refractivity contribution in [3.05, 3.63) is 56.4 Å². The molecule has 1 aromatic heterocycles. The molecule has 1 heterocycles. The minimum atomic E-state index is -0.415.